The Labute approximate surface area is 221 Å². The number of aliphatic carboxylic acids is 1. The van der Waals surface area contributed by atoms with Crippen molar-refractivity contribution in [2.75, 3.05) is 20.1 Å². The van der Waals surface area contributed by atoms with Crippen LogP contribution in [0.4, 0.5) is 13.2 Å². The number of aliphatic hydroxyl groups is 1. The van der Waals surface area contributed by atoms with Gasteiger partial charge in [-0.2, -0.15) is 17.5 Å². The lowest BCUT2D eigenvalue weighted by molar-refractivity contribution is -0.138. The Morgan fingerprint density at radius 1 is 1.24 bits per heavy atom. The second kappa shape index (κ2) is 13.5. The number of aliphatic hydroxyl groups excluding tert-OH is 1. The van der Waals surface area contributed by atoms with Gasteiger partial charge in [0.1, 0.15) is 0 Å². The Morgan fingerprint density at radius 2 is 1.95 bits per heavy atom. The van der Waals surface area contributed by atoms with Crippen molar-refractivity contribution in [3.05, 3.63) is 40.8 Å². The fraction of sp³-hybridized carbons (Fsp3) is 0.640. The van der Waals surface area contributed by atoms with E-state index >= 15 is 0 Å². The molecule has 0 fully saturated rings. The molecule has 210 valence electrons. The van der Waals surface area contributed by atoms with Crippen LogP contribution in [0.25, 0.3) is 0 Å². The predicted octanol–water partition coefficient (Wildman–Crippen LogP) is 4.65. The van der Waals surface area contributed by atoms with E-state index in [1.165, 1.54) is 7.05 Å². The van der Waals surface area contributed by atoms with Crippen molar-refractivity contribution in [3.8, 4) is 0 Å². The van der Waals surface area contributed by atoms with Crippen LogP contribution in [-0.4, -0.2) is 65.9 Å². The second-order valence-corrected chi connectivity index (χ2v) is 13.3. The maximum absolute atomic E-state index is 13.4. The summed E-state index contributed by atoms with van der Waals surface area (Å²) in [6.45, 7) is 3.83. The topological polar surface area (TPSA) is 107 Å². The number of halogens is 3. The molecule has 1 aliphatic heterocycles. The average molecular weight is 567 g/mol. The summed E-state index contributed by atoms with van der Waals surface area (Å²) < 4.78 is 67.3. The standard InChI is InChI=1S/C25H37F3N2O5S2/c1-24(2,11-5-8-21-9-6-12-36-21)29-16-20(31)17-30(3)37(34,35)22-14-18(7-4-10-23(32)33)13-19(15-22)25(26,27)28/h6,12-15,20-21,29,31H,4-5,7-11,16-17H2,1-3H3,(H,32,33)/t20-,21?/m1/s1. The monoisotopic (exact) mass is 566 g/mol. The minimum Gasteiger partial charge on any atom is -0.481 e. The molecule has 3 N–H and O–H groups in total. The lowest BCUT2D eigenvalue weighted by Crippen LogP contribution is -2.46. The second-order valence-electron chi connectivity index (χ2n) is 10.1. The molecule has 1 aromatic rings. The smallest absolute Gasteiger partial charge is 0.416 e. The molecule has 37 heavy (non-hydrogen) atoms. The average Bonchev–Trinajstić information content (AvgIpc) is 3.30. The highest BCUT2D eigenvalue weighted by Crippen LogP contribution is 2.33. The molecule has 0 spiro atoms. The van der Waals surface area contributed by atoms with Gasteiger partial charge in [0.25, 0.3) is 0 Å². The quantitative estimate of drug-likeness (QED) is 0.284. The van der Waals surface area contributed by atoms with Crippen LogP contribution >= 0.6 is 11.8 Å². The summed E-state index contributed by atoms with van der Waals surface area (Å²) in [7, 11) is -3.13. The highest BCUT2D eigenvalue weighted by molar-refractivity contribution is 8.03. The molecule has 2 atom stereocenters. The van der Waals surface area contributed by atoms with Crippen LogP contribution in [0.1, 0.15) is 63.5 Å². The fourth-order valence-electron chi connectivity index (χ4n) is 4.07. The Kier molecular flexibility index (Phi) is 11.5. The van der Waals surface area contributed by atoms with Crippen LogP contribution in [0.5, 0.6) is 0 Å². The number of nitrogens with one attached hydrogen (secondary N) is 1. The molecule has 7 nitrogen and oxygen atoms in total. The first-order valence-corrected chi connectivity index (χ1v) is 14.6. The summed E-state index contributed by atoms with van der Waals surface area (Å²) in [5.74, 6) is -1.09. The van der Waals surface area contributed by atoms with Gasteiger partial charge in [0.2, 0.25) is 10.0 Å². The number of likely N-dealkylation sites (N-methyl/N-ethyl adjacent to an activating group) is 1. The molecule has 1 aromatic carbocycles. The molecule has 2 rings (SSSR count). The Morgan fingerprint density at radius 3 is 2.54 bits per heavy atom. The largest absolute Gasteiger partial charge is 0.481 e. The van der Waals surface area contributed by atoms with Crippen molar-refractivity contribution in [3.63, 3.8) is 0 Å². The van der Waals surface area contributed by atoms with Crippen molar-refractivity contribution >= 4 is 27.8 Å². The normalized spacial score (nSPS) is 17.5. The summed E-state index contributed by atoms with van der Waals surface area (Å²) in [6, 6.07) is 2.54. The zero-order valence-corrected chi connectivity index (χ0v) is 23.1. The number of allylic oxidation sites excluding steroid dienone is 1. The number of carbonyl (C=O) groups is 1. The van der Waals surface area contributed by atoms with Gasteiger partial charge < -0.3 is 15.5 Å². The number of hydrogen-bond donors (Lipinski definition) is 3. The van der Waals surface area contributed by atoms with E-state index in [2.05, 4.69) is 16.8 Å². The number of benzene rings is 1. The first-order chi connectivity index (χ1) is 17.1. The minimum absolute atomic E-state index is 0.0139. The van der Waals surface area contributed by atoms with Gasteiger partial charge in [-0.25, -0.2) is 8.42 Å². The van der Waals surface area contributed by atoms with E-state index in [-0.39, 0.29) is 43.5 Å². The maximum atomic E-state index is 13.4. The molecule has 0 saturated carbocycles. The van der Waals surface area contributed by atoms with Gasteiger partial charge >= 0.3 is 12.1 Å². The highest BCUT2D eigenvalue weighted by atomic mass is 32.2. The number of hydrogen-bond acceptors (Lipinski definition) is 6. The zero-order chi connectivity index (χ0) is 27.9. The molecule has 0 saturated heterocycles. The summed E-state index contributed by atoms with van der Waals surface area (Å²) in [6.07, 6.45) is 0.179. The van der Waals surface area contributed by atoms with E-state index in [0.717, 1.165) is 42.1 Å². The number of carboxylic acid groups (broad SMARTS) is 1. The lowest BCUT2D eigenvalue weighted by Gasteiger charge is -2.29. The molecule has 0 radical (unpaired) electrons. The van der Waals surface area contributed by atoms with Crippen LogP contribution < -0.4 is 5.32 Å². The third kappa shape index (κ3) is 10.6. The lowest BCUT2D eigenvalue weighted by atomic mass is 9.96. The number of β-amino-alcohol motifs (C(OH)–C–C–N with tert-alkyl or cyclic N) is 1. The number of nitrogens with zero attached hydrogens (tertiary/aromatic N) is 1. The van der Waals surface area contributed by atoms with Gasteiger partial charge in [-0.15, -0.1) is 11.8 Å². The van der Waals surface area contributed by atoms with E-state index in [1.807, 2.05) is 25.6 Å². The Balaban J connectivity index is 2.00. The van der Waals surface area contributed by atoms with Crippen LogP contribution in [0.3, 0.4) is 0 Å². The molecule has 1 aliphatic rings. The Bertz CT molecular complexity index is 1040. The van der Waals surface area contributed by atoms with Gasteiger partial charge in [-0.3, -0.25) is 4.79 Å². The molecule has 0 bridgehead atoms. The predicted molar refractivity (Wildman–Crippen MR) is 139 cm³/mol. The summed E-state index contributed by atoms with van der Waals surface area (Å²) in [5, 5.41) is 25.3. The molecule has 1 unspecified atom stereocenters. The number of aryl methyl sites for hydroxylation is 1. The number of sulfonamides is 1. The summed E-state index contributed by atoms with van der Waals surface area (Å²) in [4.78, 5) is 10.2. The minimum atomic E-state index is -4.77. The van der Waals surface area contributed by atoms with Gasteiger partial charge in [-0.05, 0) is 75.1 Å². The van der Waals surface area contributed by atoms with E-state index in [4.69, 9.17) is 5.11 Å². The molecular weight excluding hydrogens is 529 g/mol. The molecule has 0 aromatic heterocycles. The third-order valence-corrected chi connectivity index (χ3v) is 9.20. The van der Waals surface area contributed by atoms with Crippen LogP contribution in [0, 0.1) is 0 Å². The van der Waals surface area contributed by atoms with E-state index in [9.17, 15) is 31.5 Å². The summed E-state index contributed by atoms with van der Waals surface area (Å²) in [5.41, 5.74) is -1.32. The highest BCUT2D eigenvalue weighted by Gasteiger charge is 2.34. The maximum Gasteiger partial charge on any atom is 0.416 e. The van der Waals surface area contributed by atoms with Crippen molar-refractivity contribution in [1.82, 2.24) is 9.62 Å². The number of thioether (sulfide) groups is 1. The van der Waals surface area contributed by atoms with Gasteiger partial charge in [-0.1, -0.05) is 12.5 Å². The van der Waals surface area contributed by atoms with Crippen molar-refractivity contribution in [1.29, 1.82) is 0 Å². The number of rotatable bonds is 15. The first-order valence-electron chi connectivity index (χ1n) is 12.2. The number of carboxylic acids is 1. The van der Waals surface area contributed by atoms with Crippen LogP contribution in [0.2, 0.25) is 0 Å². The molecule has 0 aliphatic carbocycles. The number of alkyl halides is 3. The zero-order valence-electron chi connectivity index (χ0n) is 21.4. The van der Waals surface area contributed by atoms with Crippen LogP contribution in [0.15, 0.2) is 34.6 Å². The van der Waals surface area contributed by atoms with Crippen molar-refractivity contribution < 1.29 is 36.6 Å². The third-order valence-electron chi connectivity index (χ3n) is 6.24. The molecular formula is C25H37F3N2O5S2. The molecule has 0 amide bonds. The first kappa shape index (κ1) is 31.6. The van der Waals surface area contributed by atoms with Crippen molar-refractivity contribution in [2.24, 2.45) is 0 Å². The van der Waals surface area contributed by atoms with E-state index < -0.39 is 38.7 Å². The SMILES string of the molecule is CN(C[C@H](O)CNC(C)(C)CCCC1CC=CS1)S(=O)(=O)c1cc(CCCC(=O)O)cc(C(F)(F)F)c1. The Hall–Kier alpha value is -1.60. The molecule has 1 heterocycles. The van der Waals surface area contributed by atoms with Gasteiger partial charge in [0.15, 0.2) is 0 Å². The van der Waals surface area contributed by atoms with Crippen molar-refractivity contribution in [2.45, 2.75) is 86.8 Å². The van der Waals surface area contributed by atoms with Crippen LogP contribution in [-0.2, 0) is 27.4 Å². The fourth-order valence-corrected chi connectivity index (χ4v) is 6.34. The van der Waals surface area contributed by atoms with E-state index in [0.29, 0.717) is 11.3 Å². The summed E-state index contributed by atoms with van der Waals surface area (Å²) >= 11 is 1.84. The van der Waals surface area contributed by atoms with E-state index in [1.54, 1.807) is 0 Å². The van der Waals surface area contributed by atoms with Gasteiger partial charge in [0.05, 0.1) is 16.6 Å². The van der Waals surface area contributed by atoms with Gasteiger partial charge in [0, 0.05) is 37.3 Å². The molecule has 12 heteroatoms.